The normalized spacial score (nSPS) is 11.5. The second kappa shape index (κ2) is 10.2. The molecule has 8 nitrogen and oxygen atoms in total. The Morgan fingerprint density at radius 3 is 2.47 bits per heavy atom. The molecule has 2 aromatic carbocycles. The minimum absolute atomic E-state index is 0.104. The van der Waals surface area contributed by atoms with Crippen molar-refractivity contribution in [2.24, 2.45) is 0 Å². The van der Waals surface area contributed by atoms with Gasteiger partial charge in [0.05, 0.1) is 14.2 Å². The molecule has 1 unspecified atom stereocenters. The number of amides is 1. The fourth-order valence-corrected chi connectivity index (χ4v) is 2.89. The molecule has 3 rings (SSSR count). The zero-order valence-corrected chi connectivity index (χ0v) is 16.8. The smallest absolute Gasteiger partial charge is 0.328 e. The summed E-state index contributed by atoms with van der Waals surface area (Å²) in [4.78, 5) is 28.7. The highest BCUT2D eigenvalue weighted by atomic mass is 16.5. The number of rotatable bonds is 9. The van der Waals surface area contributed by atoms with Crippen molar-refractivity contribution in [1.82, 2.24) is 15.5 Å². The third-order valence-electron chi connectivity index (χ3n) is 4.49. The van der Waals surface area contributed by atoms with Crippen LogP contribution in [0.3, 0.4) is 0 Å². The van der Waals surface area contributed by atoms with Crippen LogP contribution in [0.15, 0.2) is 59.1 Å². The molecule has 1 aromatic heterocycles. The van der Waals surface area contributed by atoms with Crippen molar-refractivity contribution in [2.75, 3.05) is 14.2 Å². The number of benzene rings is 2. The molecule has 156 valence electrons. The van der Waals surface area contributed by atoms with Gasteiger partial charge in [0.15, 0.2) is 0 Å². The van der Waals surface area contributed by atoms with Gasteiger partial charge in [0.1, 0.15) is 11.8 Å². The first-order valence-electron chi connectivity index (χ1n) is 9.47. The fraction of sp³-hybridized carbons (Fsp3) is 0.273. The third kappa shape index (κ3) is 5.66. The summed E-state index contributed by atoms with van der Waals surface area (Å²) in [5, 5.41) is 6.67. The highest BCUT2D eigenvalue weighted by Crippen LogP contribution is 2.20. The molecule has 8 heteroatoms. The largest absolute Gasteiger partial charge is 0.497 e. The molecule has 1 N–H and O–H groups in total. The average molecular weight is 409 g/mol. The van der Waals surface area contributed by atoms with Gasteiger partial charge in [-0.15, -0.1) is 0 Å². The van der Waals surface area contributed by atoms with Gasteiger partial charge >= 0.3 is 5.97 Å². The number of nitrogens with one attached hydrogen (secondary N) is 1. The maximum Gasteiger partial charge on any atom is 0.328 e. The van der Waals surface area contributed by atoms with Gasteiger partial charge in [0.25, 0.3) is 0 Å². The zero-order chi connectivity index (χ0) is 21.3. The van der Waals surface area contributed by atoms with Crippen LogP contribution < -0.4 is 10.1 Å². The van der Waals surface area contributed by atoms with Crippen LogP contribution in [0, 0.1) is 0 Å². The van der Waals surface area contributed by atoms with E-state index in [0.717, 1.165) is 16.9 Å². The predicted molar refractivity (Wildman–Crippen MR) is 109 cm³/mol. The number of ether oxygens (including phenoxy) is 2. The molecule has 0 aliphatic rings. The van der Waals surface area contributed by atoms with Crippen molar-refractivity contribution >= 4 is 11.9 Å². The van der Waals surface area contributed by atoms with Crippen LogP contribution in [0.1, 0.15) is 17.9 Å². The van der Waals surface area contributed by atoms with Gasteiger partial charge in [-0.25, -0.2) is 4.79 Å². The molecule has 0 bridgehead atoms. The third-order valence-corrected chi connectivity index (χ3v) is 4.49. The second-order valence-corrected chi connectivity index (χ2v) is 6.57. The summed E-state index contributed by atoms with van der Waals surface area (Å²) in [6, 6.07) is 15.9. The van der Waals surface area contributed by atoms with E-state index in [1.54, 1.807) is 19.2 Å². The average Bonchev–Trinajstić information content (AvgIpc) is 3.26. The van der Waals surface area contributed by atoms with Crippen LogP contribution in [0.25, 0.3) is 11.4 Å². The number of hydrogen-bond acceptors (Lipinski definition) is 7. The minimum atomic E-state index is -0.762. The number of hydrogen-bond donors (Lipinski definition) is 1. The first-order valence-corrected chi connectivity index (χ1v) is 9.47. The molecule has 1 amide bonds. The molecule has 0 radical (unpaired) electrons. The van der Waals surface area contributed by atoms with Crippen LogP contribution in [0.2, 0.25) is 0 Å². The molecule has 0 fully saturated rings. The summed E-state index contributed by atoms with van der Waals surface area (Å²) in [7, 11) is 2.89. The molecule has 1 atom stereocenters. The van der Waals surface area contributed by atoms with E-state index < -0.39 is 12.0 Å². The van der Waals surface area contributed by atoms with Gasteiger partial charge in [0.2, 0.25) is 17.6 Å². The Morgan fingerprint density at radius 1 is 1.07 bits per heavy atom. The minimum Gasteiger partial charge on any atom is -0.497 e. The summed E-state index contributed by atoms with van der Waals surface area (Å²) in [6.45, 7) is 0. The van der Waals surface area contributed by atoms with E-state index >= 15 is 0 Å². The van der Waals surface area contributed by atoms with Crippen LogP contribution in [-0.4, -0.2) is 42.3 Å². The summed E-state index contributed by atoms with van der Waals surface area (Å²) in [6.07, 6.45) is 0.710. The van der Waals surface area contributed by atoms with Gasteiger partial charge in [0, 0.05) is 24.8 Å². The standard InChI is InChI=1S/C22H23N3O5/c1-28-17-10-8-16(9-11-17)21-24-20(30-25-21)13-12-19(26)23-18(22(27)29-2)14-15-6-4-3-5-7-15/h3-11,18H,12-14H2,1-2H3,(H,23,26). The van der Waals surface area contributed by atoms with E-state index in [-0.39, 0.29) is 18.7 Å². The van der Waals surface area contributed by atoms with Crippen LogP contribution in [0.5, 0.6) is 5.75 Å². The number of carbonyl (C=O) groups excluding carboxylic acids is 2. The SMILES string of the molecule is COC(=O)C(Cc1ccccc1)NC(=O)CCc1nc(-c2ccc(OC)cc2)no1. The van der Waals surface area contributed by atoms with E-state index in [9.17, 15) is 9.59 Å². The lowest BCUT2D eigenvalue weighted by Gasteiger charge is -2.16. The summed E-state index contributed by atoms with van der Waals surface area (Å²) < 4.78 is 15.2. The van der Waals surface area contributed by atoms with Crippen molar-refractivity contribution in [3.05, 3.63) is 66.1 Å². The molecule has 3 aromatic rings. The van der Waals surface area contributed by atoms with E-state index in [0.29, 0.717) is 18.1 Å². The maximum absolute atomic E-state index is 12.4. The first kappa shape index (κ1) is 21.0. The van der Waals surface area contributed by atoms with Gasteiger partial charge < -0.3 is 19.3 Å². The Bertz CT molecular complexity index is 970. The van der Waals surface area contributed by atoms with E-state index in [1.807, 2.05) is 42.5 Å². The Hall–Kier alpha value is -3.68. The lowest BCUT2D eigenvalue weighted by atomic mass is 10.1. The summed E-state index contributed by atoms with van der Waals surface area (Å²) in [5.74, 6) is 0.713. The topological polar surface area (TPSA) is 104 Å². The number of methoxy groups -OCH3 is 2. The fourth-order valence-electron chi connectivity index (χ4n) is 2.89. The van der Waals surface area contributed by atoms with Crippen molar-refractivity contribution in [2.45, 2.75) is 25.3 Å². The van der Waals surface area contributed by atoms with Gasteiger partial charge in [-0.1, -0.05) is 35.5 Å². The lowest BCUT2D eigenvalue weighted by Crippen LogP contribution is -2.43. The number of aryl methyl sites for hydroxylation is 1. The second-order valence-electron chi connectivity index (χ2n) is 6.57. The van der Waals surface area contributed by atoms with Gasteiger partial charge in [-0.2, -0.15) is 4.98 Å². The summed E-state index contributed by atoms with van der Waals surface area (Å²) >= 11 is 0. The molecule has 0 aliphatic heterocycles. The van der Waals surface area contributed by atoms with Crippen molar-refractivity contribution in [3.8, 4) is 17.1 Å². The first-order chi connectivity index (χ1) is 14.6. The Balaban J connectivity index is 1.56. The monoisotopic (exact) mass is 409 g/mol. The van der Waals surface area contributed by atoms with Gasteiger partial charge in [-0.05, 0) is 29.8 Å². The molecule has 0 spiro atoms. The van der Waals surface area contributed by atoms with Crippen molar-refractivity contribution in [3.63, 3.8) is 0 Å². The highest BCUT2D eigenvalue weighted by molar-refractivity contribution is 5.84. The van der Waals surface area contributed by atoms with E-state index in [4.69, 9.17) is 14.0 Å². The highest BCUT2D eigenvalue weighted by Gasteiger charge is 2.22. The van der Waals surface area contributed by atoms with Crippen LogP contribution in [-0.2, 0) is 27.2 Å². The molecule has 30 heavy (non-hydrogen) atoms. The quantitative estimate of drug-likeness (QED) is 0.542. The van der Waals surface area contributed by atoms with Crippen LogP contribution >= 0.6 is 0 Å². The van der Waals surface area contributed by atoms with Crippen LogP contribution in [0.4, 0.5) is 0 Å². The number of esters is 1. The Kier molecular flexibility index (Phi) is 7.15. The zero-order valence-electron chi connectivity index (χ0n) is 16.8. The Morgan fingerprint density at radius 2 is 1.80 bits per heavy atom. The number of carbonyl (C=O) groups is 2. The summed E-state index contributed by atoms with van der Waals surface area (Å²) in [5.41, 5.74) is 1.71. The van der Waals surface area contributed by atoms with Crippen molar-refractivity contribution in [1.29, 1.82) is 0 Å². The molecular weight excluding hydrogens is 386 g/mol. The lowest BCUT2D eigenvalue weighted by molar-refractivity contribution is -0.145. The van der Waals surface area contributed by atoms with Gasteiger partial charge in [-0.3, -0.25) is 4.79 Å². The number of aromatic nitrogens is 2. The molecule has 0 aliphatic carbocycles. The van der Waals surface area contributed by atoms with Crippen molar-refractivity contribution < 1.29 is 23.6 Å². The molecule has 1 heterocycles. The number of nitrogens with zero attached hydrogens (tertiary/aromatic N) is 2. The van der Waals surface area contributed by atoms with E-state index in [1.165, 1.54) is 7.11 Å². The Labute approximate surface area is 174 Å². The molecule has 0 saturated carbocycles. The predicted octanol–water partition coefficient (Wildman–Crippen LogP) is 2.58. The molecule has 0 saturated heterocycles. The van der Waals surface area contributed by atoms with E-state index in [2.05, 4.69) is 15.5 Å². The maximum atomic E-state index is 12.4. The molecular formula is C22H23N3O5.